The summed E-state index contributed by atoms with van der Waals surface area (Å²) in [5.41, 5.74) is 2.69. The van der Waals surface area contributed by atoms with Crippen molar-refractivity contribution < 1.29 is 27.4 Å². The third-order valence-electron chi connectivity index (χ3n) is 3.67. The highest BCUT2D eigenvalue weighted by molar-refractivity contribution is 6.36. The molecule has 10 heteroatoms. The van der Waals surface area contributed by atoms with E-state index >= 15 is 0 Å². The van der Waals surface area contributed by atoms with E-state index in [0.29, 0.717) is 6.92 Å². The first kappa shape index (κ1) is 22.1. The lowest BCUT2D eigenvalue weighted by molar-refractivity contribution is -0.228. The van der Waals surface area contributed by atoms with Gasteiger partial charge in [0.2, 0.25) is 5.60 Å². The predicted molar refractivity (Wildman–Crippen MR) is 97.7 cm³/mol. The average Bonchev–Trinajstić information content (AvgIpc) is 2.58. The van der Waals surface area contributed by atoms with E-state index in [1.807, 2.05) is 0 Å². The lowest BCUT2D eigenvalue weighted by Gasteiger charge is -2.20. The van der Waals surface area contributed by atoms with Crippen LogP contribution in [0.15, 0.2) is 24.4 Å². The van der Waals surface area contributed by atoms with Crippen molar-refractivity contribution in [1.29, 1.82) is 0 Å². The van der Waals surface area contributed by atoms with Gasteiger partial charge in [-0.05, 0) is 26.0 Å². The summed E-state index contributed by atoms with van der Waals surface area (Å²) in [5, 5.41) is 9.30. The fourth-order valence-electron chi connectivity index (χ4n) is 2.05. The topological polar surface area (TPSA) is 68.4 Å². The molecule has 0 radical (unpaired) electrons. The van der Waals surface area contributed by atoms with E-state index in [4.69, 9.17) is 33.7 Å². The number of aromatic nitrogens is 1. The van der Waals surface area contributed by atoms with Crippen LogP contribution in [0.25, 0.3) is 0 Å². The van der Waals surface area contributed by atoms with Gasteiger partial charge in [-0.2, -0.15) is 13.2 Å². The van der Waals surface area contributed by atoms with Gasteiger partial charge in [0.15, 0.2) is 11.6 Å². The van der Waals surface area contributed by atoms with Gasteiger partial charge in [0.25, 0.3) is 0 Å². The number of alkyl halides is 3. The fraction of sp³-hybridized carbons (Fsp3) is 0.278. The third kappa shape index (κ3) is 4.79. The van der Waals surface area contributed by atoms with Gasteiger partial charge < -0.3 is 15.6 Å². The van der Waals surface area contributed by atoms with Crippen LogP contribution in [0.1, 0.15) is 31.1 Å². The Morgan fingerprint density at radius 2 is 1.93 bits per heavy atom. The number of hydrogen-bond acceptors (Lipinski definition) is 4. The van der Waals surface area contributed by atoms with E-state index in [-0.39, 0.29) is 32.7 Å². The van der Waals surface area contributed by atoms with Gasteiger partial charge in [0.1, 0.15) is 11.9 Å². The number of pyridine rings is 1. The molecule has 0 bridgehead atoms. The number of hydrogen-bond donors (Lipinski definition) is 2. The Kier molecular flexibility index (Phi) is 6.34. The number of nitrogens with two attached hydrogens (primary N) is 1. The van der Waals surface area contributed by atoms with Crippen LogP contribution >= 0.6 is 23.2 Å². The Morgan fingerprint density at radius 1 is 1.29 bits per heavy atom. The number of nitrogen functional groups attached to an aromatic ring is 1. The molecule has 0 amide bonds. The van der Waals surface area contributed by atoms with Crippen molar-refractivity contribution in [2.24, 2.45) is 0 Å². The number of aliphatic hydroxyl groups is 1. The Morgan fingerprint density at radius 3 is 2.54 bits per heavy atom. The van der Waals surface area contributed by atoms with E-state index in [0.717, 1.165) is 12.3 Å². The molecule has 28 heavy (non-hydrogen) atoms. The van der Waals surface area contributed by atoms with Gasteiger partial charge in [-0.3, -0.25) is 0 Å². The van der Waals surface area contributed by atoms with Crippen molar-refractivity contribution in [2.45, 2.75) is 31.7 Å². The second kappa shape index (κ2) is 8.03. The molecule has 0 aliphatic heterocycles. The highest BCUT2D eigenvalue weighted by Gasteiger charge is 2.48. The molecular weight excluding hydrogens is 423 g/mol. The molecule has 4 nitrogen and oxygen atoms in total. The lowest BCUT2D eigenvalue weighted by atomic mass is 10.1. The van der Waals surface area contributed by atoms with Crippen LogP contribution in [0.4, 0.5) is 23.4 Å². The summed E-state index contributed by atoms with van der Waals surface area (Å²) in [5.74, 6) is 3.10. The monoisotopic (exact) mass is 436 g/mol. The standard InChI is InChI=1S/C18H14Cl2F4N2O2/c1-9(14-11(19)3-4-12(21)15(14)20)28-13-7-10(8-26-16(13)25)5-6-17(2,27)18(22,23)24/h3-4,7-9,27H,1-2H3,(H2,25,26)/t9-,17?/m1/s1. The summed E-state index contributed by atoms with van der Waals surface area (Å²) < 4.78 is 57.3. The SMILES string of the molecule is C[C@@H](Oc1cc(C#CC(C)(O)C(F)(F)F)cnc1N)c1c(Cl)ccc(F)c1Cl. The number of rotatable bonds is 3. The Balaban J connectivity index is 2.34. The van der Waals surface area contributed by atoms with Crippen LogP contribution < -0.4 is 10.5 Å². The van der Waals surface area contributed by atoms with Gasteiger partial charge in [-0.15, -0.1) is 0 Å². The number of ether oxygens (including phenoxy) is 1. The molecule has 0 aliphatic rings. The zero-order valence-electron chi connectivity index (χ0n) is 14.5. The first-order valence-corrected chi connectivity index (χ1v) is 8.47. The van der Waals surface area contributed by atoms with Crippen molar-refractivity contribution in [3.63, 3.8) is 0 Å². The number of benzene rings is 1. The van der Waals surface area contributed by atoms with Crippen LogP contribution in [0.3, 0.4) is 0 Å². The molecule has 0 saturated carbocycles. The van der Waals surface area contributed by atoms with E-state index in [1.54, 1.807) is 5.92 Å². The highest BCUT2D eigenvalue weighted by Crippen LogP contribution is 2.36. The largest absolute Gasteiger partial charge is 0.482 e. The van der Waals surface area contributed by atoms with Crippen molar-refractivity contribution in [3.05, 3.63) is 51.4 Å². The van der Waals surface area contributed by atoms with Crippen molar-refractivity contribution in [3.8, 4) is 17.6 Å². The van der Waals surface area contributed by atoms with Crippen LogP contribution in [-0.2, 0) is 0 Å². The van der Waals surface area contributed by atoms with Gasteiger partial charge in [-0.25, -0.2) is 9.37 Å². The summed E-state index contributed by atoms with van der Waals surface area (Å²) in [6.07, 6.45) is -4.67. The predicted octanol–water partition coefficient (Wildman–Crippen LogP) is 4.91. The van der Waals surface area contributed by atoms with Crippen LogP contribution in [0.2, 0.25) is 10.0 Å². The quantitative estimate of drug-likeness (QED) is 0.407. The number of nitrogens with zero attached hydrogens (tertiary/aromatic N) is 1. The van der Waals surface area contributed by atoms with Crippen LogP contribution in [-0.4, -0.2) is 21.9 Å². The maximum absolute atomic E-state index is 13.7. The summed E-state index contributed by atoms with van der Waals surface area (Å²) >= 11 is 12.0. The molecule has 0 fully saturated rings. The van der Waals surface area contributed by atoms with Crippen LogP contribution in [0, 0.1) is 17.7 Å². The van der Waals surface area contributed by atoms with E-state index < -0.39 is 23.7 Å². The minimum Gasteiger partial charge on any atom is -0.482 e. The molecule has 2 aromatic rings. The molecule has 1 aromatic heterocycles. The minimum atomic E-state index is -4.93. The molecule has 0 aliphatic carbocycles. The third-order valence-corrected chi connectivity index (χ3v) is 4.39. The first-order valence-electron chi connectivity index (χ1n) is 7.71. The van der Waals surface area contributed by atoms with E-state index in [1.165, 1.54) is 19.1 Å². The molecular formula is C18H14Cl2F4N2O2. The number of halogens is 6. The minimum absolute atomic E-state index is 0.0114. The van der Waals surface area contributed by atoms with E-state index in [9.17, 15) is 22.7 Å². The summed E-state index contributed by atoms with van der Waals surface area (Å²) in [6.45, 7) is 2.05. The van der Waals surface area contributed by atoms with Crippen molar-refractivity contribution in [2.75, 3.05) is 5.73 Å². The molecule has 150 valence electrons. The zero-order valence-corrected chi connectivity index (χ0v) is 16.0. The highest BCUT2D eigenvalue weighted by atomic mass is 35.5. The van der Waals surface area contributed by atoms with Gasteiger partial charge in [-0.1, -0.05) is 35.0 Å². The molecule has 2 rings (SSSR count). The molecule has 0 spiro atoms. The number of anilines is 1. The fourth-order valence-corrected chi connectivity index (χ4v) is 2.73. The lowest BCUT2D eigenvalue weighted by Crippen LogP contribution is -2.40. The second-order valence-electron chi connectivity index (χ2n) is 5.94. The summed E-state index contributed by atoms with van der Waals surface area (Å²) in [6, 6.07) is 3.64. The molecule has 1 unspecified atom stereocenters. The smallest absolute Gasteiger partial charge is 0.428 e. The maximum atomic E-state index is 13.7. The van der Waals surface area contributed by atoms with Gasteiger partial charge in [0, 0.05) is 28.4 Å². The molecule has 2 atom stereocenters. The molecule has 1 aromatic carbocycles. The van der Waals surface area contributed by atoms with Crippen molar-refractivity contribution >= 4 is 29.0 Å². The normalized spacial score (nSPS) is 14.6. The first-order chi connectivity index (χ1) is 12.8. The Labute approximate surface area is 168 Å². The zero-order chi connectivity index (χ0) is 21.3. The van der Waals surface area contributed by atoms with Crippen molar-refractivity contribution in [1.82, 2.24) is 4.98 Å². The average molecular weight is 437 g/mol. The molecule has 1 heterocycles. The van der Waals surface area contributed by atoms with E-state index in [2.05, 4.69) is 10.9 Å². The summed E-state index contributed by atoms with van der Waals surface area (Å²) in [4.78, 5) is 3.80. The molecule has 0 saturated heterocycles. The van der Waals surface area contributed by atoms with Gasteiger partial charge >= 0.3 is 6.18 Å². The maximum Gasteiger partial charge on any atom is 0.428 e. The Hall–Kier alpha value is -2.21. The van der Waals surface area contributed by atoms with Gasteiger partial charge in [0.05, 0.1) is 5.02 Å². The molecule has 3 N–H and O–H groups in total. The second-order valence-corrected chi connectivity index (χ2v) is 6.73. The van der Waals surface area contributed by atoms with Crippen LogP contribution in [0.5, 0.6) is 5.75 Å². The Bertz CT molecular complexity index is 953. The summed E-state index contributed by atoms with van der Waals surface area (Å²) in [7, 11) is 0.